The Morgan fingerprint density at radius 2 is 2.05 bits per heavy atom. The molecule has 1 heterocycles. The van der Waals surface area contributed by atoms with E-state index in [2.05, 4.69) is 10.6 Å². The number of quaternary nitrogens is 1. The Labute approximate surface area is 130 Å². The molecule has 0 bridgehead atoms. The first-order chi connectivity index (χ1) is 10.2. The molecule has 1 aromatic carbocycles. The molecule has 1 aliphatic heterocycles. The van der Waals surface area contributed by atoms with Gasteiger partial charge in [-0.2, -0.15) is 0 Å². The Kier molecular flexibility index (Phi) is 6.10. The molecule has 5 nitrogen and oxygen atoms in total. The van der Waals surface area contributed by atoms with Gasteiger partial charge in [0.15, 0.2) is 5.11 Å². The van der Waals surface area contributed by atoms with Crippen LogP contribution in [0, 0.1) is 6.92 Å². The van der Waals surface area contributed by atoms with Crippen molar-refractivity contribution in [1.82, 2.24) is 10.6 Å². The minimum absolute atomic E-state index is 0.163. The molecule has 1 fully saturated rings. The van der Waals surface area contributed by atoms with Crippen molar-refractivity contribution in [2.24, 2.45) is 0 Å². The van der Waals surface area contributed by atoms with Crippen molar-refractivity contribution in [1.29, 1.82) is 0 Å². The van der Waals surface area contributed by atoms with Crippen LogP contribution in [0.1, 0.15) is 15.9 Å². The molecule has 0 spiro atoms. The maximum atomic E-state index is 12.1. The molecule has 21 heavy (non-hydrogen) atoms. The lowest BCUT2D eigenvalue weighted by Gasteiger charge is -2.23. The number of nitrogens with one attached hydrogen (secondary N) is 3. The van der Waals surface area contributed by atoms with Crippen LogP contribution in [-0.2, 0) is 4.74 Å². The zero-order valence-electron chi connectivity index (χ0n) is 12.3. The summed E-state index contributed by atoms with van der Waals surface area (Å²) in [7, 11) is 0. The SMILES string of the molecule is Cc1ccccc1C(=O)NC(=S)NCC[NH+]1CCOCC1. The van der Waals surface area contributed by atoms with E-state index >= 15 is 0 Å². The number of ether oxygens (including phenoxy) is 1. The van der Waals surface area contributed by atoms with Gasteiger partial charge < -0.3 is 15.0 Å². The molecule has 1 saturated heterocycles. The molecule has 1 aliphatic rings. The Bertz CT molecular complexity index is 501. The number of amides is 1. The summed E-state index contributed by atoms with van der Waals surface area (Å²) in [5.74, 6) is -0.163. The number of aryl methyl sites for hydroxylation is 1. The van der Waals surface area contributed by atoms with E-state index in [-0.39, 0.29) is 5.91 Å². The Morgan fingerprint density at radius 1 is 1.33 bits per heavy atom. The van der Waals surface area contributed by atoms with E-state index in [9.17, 15) is 4.79 Å². The fourth-order valence-electron chi connectivity index (χ4n) is 2.31. The van der Waals surface area contributed by atoms with Gasteiger partial charge in [-0.25, -0.2) is 0 Å². The number of morpholine rings is 1. The fourth-order valence-corrected chi connectivity index (χ4v) is 2.50. The maximum absolute atomic E-state index is 12.1. The molecule has 0 aromatic heterocycles. The minimum Gasteiger partial charge on any atom is -0.370 e. The second-order valence-corrected chi connectivity index (χ2v) is 5.55. The minimum atomic E-state index is -0.163. The molecule has 0 radical (unpaired) electrons. The smallest absolute Gasteiger partial charge is 0.257 e. The summed E-state index contributed by atoms with van der Waals surface area (Å²) in [6.07, 6.45) is 0. The van der Waals surface area contributed by atoms with Gasteiger partial charge in [0.05, 0.1) is 26.3 Å². The van der Waals surface area contributed by atoms with E-state index in [0.717, 1.165) is 45.0 Å². The lowest BCUT2D eigenvalue weighted by molar-refractivity contribution is -0.906. The molecule has 2 rings (SSSR count). The predicted molar refractivity (Wildman–Crippen MR) is 85.6 cm³/mol. The van der Waals surface area contributed by atoms with Crippen LogP contribution in [0.4, 0.5) is 0 Å². The van der Waals surface area contributed by atoms with Crippen molar-refractivity contribution in [3.8, 4) is 0 Å². The summed E-state index contributed by atoms with van der Waals surface area (Å²) < 4.78 is 5.32. The third kappa shape index (κ3) is 5.08. The fraction of sp³-hybridized carbons (Fsp3) is 0.467. The first kappa shape index (κ1) is 15.9. The van der Waals surface area contributed by atoms with Gasteiger partial charge in [-0.05, 0) is 30.8 Å². The molecular weight excluding hydrogens is 286 g/mol. The summed E-state index contributed by atoms with van der Waals surface area (Å²) in [5.41, 5.74) is 1.59. The zero-order chi connectivity index (χ0) is 15.1. The molecule has 114 valence electrons. The van der Waals surface area contributed by atoms with Crippen molar-refractivity contribution in [3.05, 3.63) is 35.4 Å². The second-order valence-electron chi connectivity index (χ2n) is 5.14. The normalized spacial score (nSPS) is 15.5. The summed E-state index contributed by atoms with van der Waals surface area (Å²) in [5, 5.41) is 6.20. The van der Waals surface area contributed by atoms with Gasteiger partial charge in [0.25, 0.3) is 5.91 Å². The monoisotopic (exact) mass is 308 g/mol. The Morgan fingerprint density at radius 3 is 2.76 bits per heavy atom. The number of hydrogen-bond acceptors (Lipinski definition) is 3. The third-order valence-electron chi connectivity index (χ3n) is 3.58. The highest BCUT2D eigenvalue weighted by molar-refractivity contribution is 7.80. The van der Waals surface area contributed by atoms with Crippen LogP contribution in [0.2, 0.25) is 0 Å². The van der Waals surface area contributed by atoms with Crippen LogP contribution >= 0.6 is 12.2 Å². The Hall–Kier alpha value is -1.50. The standard InChI is InChI=1S/C15H21N3O2S/c1-12-4-2-3-5-13(12)14(19)17-15(21)16-6-7-18-8-10-20-11-9-18/h2-5H,6-11H2,1H3,(H2,16,17,19,21)/p+1. The number of rotatable bonds is 4. The topological polar surface area (TPSA) is 54.8 Å². The van der Waals surface area contributed by atoms with Crippen molar-refractivity contribution in [3.63, 3.8) is 0 Å². The highest BCUT2D eigenvalue weighted by Gasteiger charge is 2.14. The lowest BCUT2D eigenvalue weighted by Crippen LogP contribution is -3.14. The highest BCUT2D eigenvalue weighted by Crippen LogP contribution is 2.06. The van der Waals surface area contributed by atoms with Gasteiger partial charge in [0, 0.05) is 5.56 Å². The molecule has 1 aromatic rings. The van der Waals surface area contributed by atoms with Crippen molar-refractivity contribution in [2.75, 3.05) is 39.4 Å². The average Bonchev–Trinajstić information content (AvgIpc) is 2.48. The molecule has 6 heteroatoms. The third-order valence-corrected chi connectivity index (χ3v) is 3.83. The molecular formula is C15H22N3O2S+. The van der Waals surface area contributed by atoms with Crippen molar-refractivity contribution < 1.29 is 14.4 Å². The number of thiocarbonyl (C=S) groups is 1. The average molecular weight is 308 g/mol. The zero-order valence-corrected chi connectivity index (χ0v) is 13.1. The Balaban J connectivity index is 1.71. The molecule has 0 unspecified atom stereocenters. The van der Waals surface area contributed by atoms with Gasteiger partial charge >= 0.3 is 0 Å². The van der Waals surface area contributed by atoms with E-state index in [1.807, 2.05) is 25.1 Å². The molecule has 0 aliphatic carbocycles. The predicted octanol–water partition coefficient (Wildman–Crippen LogP) is -0.486. The summed E-state index contributed by atoms with van der Waals surface area (Å²) >= 11 is 5.16. The number of benzene rings is 1. The van der Waals surface area contributed by atoms with Crippen LogP contribution in [0.15, 0.2) is 24.3 Å². The van der Waals surface area contributed by atoms with E-state index in [1.165, 1.54) is 4.90 Å². The van der Waals surface area contributed by atoms with Crippen LogP contribution < -0.4 is 15.5 Å². The quantitative estimate of drug-likeness (QED) is 0.658. The maximum Gasteiger partial charge on any atom is 0.257 e. The van der Waals surface area contributed by atoms with Crippen LogP contribution in [-0.4, -0.2) is 50.4 Å². The summed E-state index contributed by atoms with van der Waals surface area (Å²) in [6.45, 7) is 7.35. The molecule has 3 N–H and O–H groups in total. The van der Waals surface area contributed by atoms with Crippen LogP contribution in [0.5, 0.6) is 0 Å². The van der Waals surface area contributed by atoms with Crippen molar-refractivity contribution >= 4 is 23.2 Å². The molecule has 0 saturated carbocycles. The summed E-state index contributed by atoms with van der Waals surface area (Å²) in [6, 6.07) is 7.46. The van der Waals surface area contributed by atoms with Gasteiger partial charge in [-0.3, -0.25) is 10.1 Å². The van der Waals surface area contributed by atoms with E-state index in [4.69, 9.17) is 17.0 Å². The first-order valence-corrected chi connectivity index (χ1v) is 7.64. The van der Waals surface area contributed by atoms with E-state index in [0.29, 0.717) is 10.7 Å². The van der Waals surface area contributed by atoms with Gasteiger partial charge in [0.2, 0.25) is 0 Å². The lowest BCUT2D eigenvalue weighted by atomic mass is 10.1. The highest BCUT2D eigenvalue weighted by atomic mass is 32.1. The number of carbonyl (C=O) groups excluding carboxylic acids is 1. The van der Waals surface area contributed by atoms with Gasteiger partial charge in [-0.15, -0.1) is 0 Å². The van der Waals surface area contributed by atoms with Crippen LogP contribution in [0.3, 0.4) is 0 Å². The second kappa shape index (κ2) is 8.07. The molecule has 0 atom stereocenters. The van der Waals surface area contributed by atoms with Crippen molar-refractivity contribution in [2.45, 2.75) is 6.92 Å². The van der Waals surface area contributed by atoms with E-state index < -0.39 is 0 Å². The largest absolute Gasteiger partial charge is 0.370 e. The number of carbonyl (C=O) groups is 1. The van der Waals surface area contributed by atoms with Gasteiger partial charge in [0.1, 0.15) is 13.1 Å². The summed E-state index contributed by atoms with van der Waals surface area (Å²) in [4.78, 5) is 13.6. The van der Waals surface area contributed by atoms with E-state index in [1.54, 1.807) is 6.07 Å². The number of hydrogen-bond donors (Lipinski definition) is 3. The van der Waals surface area contributed by atoms with Crippen LogP contribution in [0.25, 0.3) is 0 Å². The first-order valence-electron chi connectivity index (χ1n) is 7.23. The molecule has 1 amide bonds. The van der Waals surface area contributed by atoms with Gasteiger partial charge in [-0.1, -0.05) is 18.2 Å².